The van der Waals surface area contributed by atoms with Crippen LogP contribution in [0.3, 0.4) is 0 Å². The Balaban J connectivity index is 1.75. The van der Waals surface area contributed by atoms with Gasteiger partial charge < -0.3 is 9.47 Å². The van der Waals surface area contributed by atoms with E-state index in [2.05, 4.69) is 11.7 Å². The van der Waals surface area contributed by atoms with E-state index in [9.17, 15) is 22.4 Å². The van der Waals surface area contributed by atoms with Gasteiger partial charge in [0.15, 0.2) is 0 Å². The molecule has 0 radical (unpaired) electrons. The van der Waals surface area contributed by atoms with Crippen molar-refractivity contribution in [1.82, 2.24) is 0 Å². The third-order valence-electron chi connectivity index (χ3n) is 4.36. The van der Waals surface area contributed by atoms with E-state index < -0.39 is 23.9 Å². The monoisotopic (exact) mass is 394 g/mol. The minimum atomic E-state index is -4.81. The van der Waals surface area contributed by atoms with E-state index in [4.69, 9.17) is 4.74 Å². The van der Waals surface area contributed by atoms with Crippen molar-refractivity contribution in [2.45, 2.75) is 39.0 Å². The third-order valence-corrected chi connectivity index (χ3v) is 4.36. The normalized spacial score (nSPS) is 13.5. The van der Waals surface area contributed by atoms with Gasteiger partial charge in [-0.2, -0.15) is 0 Å². The van der Waals surface area contributed by atoms with E-state index in [-0.39, 0.29) is 11.3 Å². The first-order chi connectivity index (χ1) is 13.2. The largest absolute Gasteiger partial charge is 0.573 e. The second-order valence-corrected chi connectivity index (χ2v) is 6.49. The SMILES string of the molecule is CCCC1=Cc2cc(F)c(C(=O)Oc3ccc(OC(F)(F)F)cc3)cc2CC1. The molecular formula is C21H18F4O3. The molecule has 0 N–H and O–H groups in total. The smallest absolute Gasteiger partial charge is 0.423 e. The van der Waals surface area contributed by atoms with Crippen molar-refractivity contribution in [3.05, 3.63) is 64.5 Å². The van der Waals surface area contributed by atoms with Crippen LogP contribution in [0.4, 0.5) is 17.6 Å². The summed E-state index contributed by atoms with van der Waals surface area (Å²) < 4.78 is 59.8. The molecule has 0 saturated heterocycles. The van der Waals surface area contributed by atoms with Gasteiger partial charge in [-0.25, -0.2) is 9.18 Å². The van der Waals surface area contributed by atoms with Gasteiger partial charge in [0.2, 0.25) is 0 Å². The molecule has 3 rings (SSSR count). The summed E-state index contributed by atoms with van der Waals surface area (Å²) >= 11 is 0. The highest BCUT2D eigenvalue weighted by atomic mass is 19.4. The Hall–Kier alpha value is -2.83. The van der Waals surface area contributed by atoms with Gasteiger partial charge in [0, 0.05) is 0 Å². The third kappa shape index (κ3) is 4.91. The Morgan fingerprint density at radius 1 is 1.07 bits per heavy atom. The Kier molecular flexibility index (Phi) is 5.72. The van der Waals surface area contributed by atoms with Gasteiger partial charge in [0.1, 0.15) is 17.3 Å². The number of aryl methyl sites for hydroxylation is 1. The van der Waals surface area contributed by atoms with Gasteiger partial charge in [-0.1, -0.05) is 25.0 Å². The molecule has 2 aromatic carbocycles. The van der Waals surface area contributed by atoms with E-state index in [1.165, 1.54) is 17.7 Å². The summed E-state index contributed by atoms with van der Waals surface area (Å²) in [4.78, 5) is 12.3. The zero-order chi connectivity index (χ0) is 20.3. The summed E-state index contributed by atoms with van der Waals surface area (Å²) in [5.74, 6) is -2.06. The number of rotatable bonds is 5. The number of fused-ring (bicyclic) bond motifs is 1. The molecule has 1 aliphatic carbocycles. The van der Waals surface area contributed by atoms with E-state index in [0.29, 0.717) is 6.42 Å². The molecule has 0 unspecified atom stereocenters. The predicted octanol–water partition coefficient (Wildman–Crippen LogP) is 6.07. The van der Waals surface area contributed by atoms with Crippen molar-refractivity contribution in [2.75, 3.05) is 0 Å². The molecule has 3 nitrogen and oxygen atoms in total. The van der Waals surface area contributed by atoms with Crippen molar-refractivity contribution in [3.8, 4) is 11.5 Å². The first-order valence-electron chi connectivity index (χ1n) is 8.85. The molecule has 2 aromatic rings. The molecule has 1 aliphatic rings. The zero-order valence-electron chi connectivity index (χ0n) is 15.1. The van der Waals surface area contributed by atoms with E-state index in [0.717, 1.165) is 54.7 Å². The molecule has 0 bridgehead atoms. The highest BCUT2D eigenvalue weighted by Crippen LogP contribution is 2.29. The van der Waals surface area contributed by atoms with Crippen LogP contribution in [-0.2, 0) is 6.42 Å². The molecule has 0 saturated carbocycles. The Bertz CT molecular complexity index is 899. The predicted molar refractivity (Wildman–Crippen MR) is 95.7 cm³/mol. The lowest BCUT2D eigenvalue weighted by Gasteiger charge is -2.17. The van der Waals surface area contributed by atoms with Crippen LogP contribution in [0, 0.1) is 5.82 Å². The lowest BCUT2D eigenvalue weighted by atomic mass is 9.89. The average Bonchev–Trinajstić information content (AvgIpc) is 2.61. The molecule has 0 amide bonds. The van der Waals surface area contributed by atoms with Crippen LogP contribution < -0.4 is 9.47 Å². The molecule has 0 aliphatic heterocycles. The maximum Gasteiger partial charge on any atom is 0.573 e. The van der Waals surface area contributed by atoms with Gasteiger partial charge >= 0.3 is 12.3 Å². The number of ether oxygens (including phenoxy) is 2. The number of carbonyl (C=O) groups is 1. The number of halogens is 4. The highest BCUT2D eigenvalue weighted by molar-refractivity contribution is 5.92. The number of alkyl halides is 3. The molecule has 0 atom stereocenters. The summed E-state index contributed by atoms with van der Waals surface area (Å²) in [5, 5.41) is 0. The van der Waals surface area contributed by atoms with Crippen molar-refractivity contribution in [3.63, 3.8) is 0 Å². The summed E-state index contributed by atoms with van der Waals surface area (Å²) in [6.07, 6.45) is 0.697. The summed E-state index contributed by atoms with van der Waals surface area (Å²) in [7, 11) is 0. The quantitative estimate of drug-likeness (QED) is 0.351. The lowest BCUT2D eigenvalue weighted by molar-refractivity contribution is -0.274. The fourth-order valence-electron chi connectivity index (χ4n) is 3.12. The molecule has 0 fully saturated rings. The van der Waals surface area contributed by atoms with E-state index in [1.54, 1.807) is 0 Å². The van der Waals surface area contributed by atoms with Crippen LogP contribution in [0.5, 0.6) is 11.5 Å². The molecule has 7 heteroatoms. The zero-order valence-corrected chi connectivity index (χ0v) is 15.1. The second-order valence-electron chi connectivity index (χ2n) is 6.49. The van der Waals surface area contributed by atoms with Crippen molar-refractivity contribution in [2.24, 2.45) is 0 Å². The Morgan fingerprint density at radius 2 is 1.75 bits per heavy atom. The number of carbonyl (C=O) groups excluding carboxylic acids is 1. The van der Waals surface area contributed by atoms with Gasteiger partial charge in [-0.15, -0.1) is 13.2 Å². The summed E-state index contributed by atoms with van der Waals surface area (Å²) in [6.45, 7) is 2.08. The standard InChI is InChI=1S/C21H18F4O3/c1-2-3-13-4-5-14-11-18(19(22)12-15(14)10-13)20(26)27-16-6-8-17(9-7-16)28-21(23,24)25/h6-12H,2-5H2,1H3. The van der Waals surface area contributed by atoms with Crippen molar-refractivity contribution >= 4 is 12.0 Å². The molecular weight excluding hydrogens is 376 g/mol. The fourth-order valence-corrected chi connectivity index (χ4v) is 3.12. The van der Waals surface area contributed by atoms with Gasteiger partial charge in [-0.3, -0.25) is 0 Å². The Morgan fingerprint density at radius 3 is 2.39 bits per heavy atom. The van der Waals surface area contributed by atoms with Crippen molar-refractivity contribution < 1.29 is 31.8 Å². The van der Waals surface area contributed by atoms with Crippen LogP contribution >= 0.6 is 0 Å². The molecule has 148 valence electrons. The number of allylic oxidation sites excluding steroid dienone is 1. The first kappa shape index (κ1) is 19.9. The van der Waals surface area contributed by atoms with Crippen LogP contribution in [0.1, 0.15) is 47.7 Å². The van der Waals surface area contributed by atoms with Gasteiger partial charge in [0.05, 0.1) is 5.56 Å². The minimum Gasteiger partial charge on any atom is -0.423 e. The first-order valence-corrected chi connectivity index (χ1v) is 8.85. The number of esters is 1. The average molecular weight is 394 g/mol. The maximum atomic E-state index is 14.4. The topological polar surface area (TPSA) is 35.5 Å². The summed E-state index contributed by atoms with van der Waals surface area (Å²) in [5.41, 5.74) is 2.67. The lowest BCUT2D eigenvalue weighted by Crippen LogP contribution is -2.17. The molecule has 0 spiro atoms. The minimum absolute atomic E-state index is 0.0122. The van der Waals surface area contributed by atoms with Crippen LogP contribution in [0.25, 0.3) is 6.08 Å². The van der Waals surface area contributed by atoms with Gasteiger partial charge in [0.25, 0.3) is 0 Å². The second kappa shape index (κ2) is 8.04. The maximum absolute atomic E-state index is 14.4. The van der Waals surface area contributed by atoms with Crippen molar-refractivity contribution in [1.29, 1.82) is 0 Å². The van der Waals surface area contributed by atoms with Gasteiger partial charge in [-0.05, 0) is 66.8 Å². The molecule has 28 heavy (non-hydrogen) atoms. The number of hydrogen-bond acceptors (Lipinski definition) is 3. The van der Waals surface area contributed by atoms with E-state index in [1.807, 2.05) is 6.08 Å². The van der Waals surface area contributed by atoms with E-state index >= 15 is 0 Å². The highest BCUT2D eigenvalue weighted by Gasteiger charge is 2.31. The van der Waals surface area contributed by atoms with Crippen LogP contribution in [0.2, 0.25) is 0 Å². The number of benzene rings is 2. The summed E-state index contributed by atoms with van der Waals surface area (Å²) in [6, 6.07) is 7.12. The molecule has 0 heterocycles. The Labute approximate surface area is 159 Å². The molecule has 0 aromatic heterocycles. The van der Waals surface area contributed by atoms with Crippen LogP contribution in [0.15, 0.2) is 42.0 Å². The number of hydrogen-bond donors (Lipinski definition) is 0. The van der Waals surface area contributed by atoms with Crippen LogP contribution in [-0.4, -0.2) is 12.3 Å². The fraction of sp³-hybridized carbons (Fsp3) is 0.286.